The van der Waals surface area contributed by atoms with Gasteiger partial charge in [-0.25, -0.2) is 9.97 Å². The van der Waals surface area contributed by atoms with Crippen molar-refractivity contribution in [2.75, 3.05) is 37.4 Å². The highest BCUT2D eigenvalue weighted by molar-refractivity contribution is 5.84. The molecule has 1 aromatic rings. The lowest BCUT2D eigenvalue weighted by Gasteiger charge is -2.29. The lowest BCUT2D eigenvalue weighted by atomic mass is 10.2. The summed E-state index contributed by atoms with van der Waals surface area (Å²) in [6, 6.07) is -0.361. The number of aromatic nitrogens is 2. The minimum atomic E-state index is -0.361. The maximum Gasteiger partial charge on any atom is 0.244 e. The van der Waals surface area contributed by atoms with Gasteiger partial charge in [0.1, 0.15) is 23.5 Å². The molecule has 1 saturated heterocycles. The van der Waals surface area contributed by atoms with E-state index < -0.39 is 0 Å². The topological polar surface area (TPSA) is 93.4 Å². The number of nitrogens with one attached hydrogen (secondary N) is 1. The van der Waals surface area contributed by atoms with E-state index in [1.54, 1.807) is 11.8 Å². The third-order valence-electron chi connectivity index (χ3n) is 3.34. The molecule has 1 amide bonds. The normalized spacial score (nSPS) is 16.9. The quantitative estimate of drug-likeness (QED) is 0.828. The van der Waals surface area contributed by atoms with Crippen LogP contribution in [0.1, 0.15) is 18.3 Å². The number of nitrogens with two attached hydrogens (primary N) is 1. The molecule has 7 nitrogen and oxygen atoms in total. The maximum atomic E-state index is 12.3. The van der Waals surface area contributed by atoms with E-state index in [4.69, 9.17) is 10.5 Å². The van der Waals surface area contributed by atoms with E-state index in [-0.39, 0.29) is 11.9 Å². The van der Waals surface area contributed by atoms with Crippen molar-refractivity contribution in [1.82, 2.24) is 14.9 Å². The largest absolute Gasteiger partial charge is 0.383 e. The van der Waals surface area contributed by atoms with Gasteiger partial charge in [-0.3, -0.25) is 4.79 Å². The van der Waals surface area contributed by atoms with E-state index in [2.05, 4.69) is 15.3 Å². The van der Waals surface area contributed by atoms with E-state index in [1.807, 2.05) is 13.8 Å². The van der Waals surface area contributed by atoms with E-state index in [0.29, 0.717) is 43.8 Å². The summed E-state index contributed by atoms with van der Waals surface area (Å²) >= 11 is 0. The van der Waals surface area contributed by atoms with Crippen LogP contribution in [0, 0.1) is 13.8 Å². The van der Waals surface area contributed by atoms with E-state index in [0.717, 1.165) is 5.56 Å². The number of morpholine rings is 1. The Labute approximate surface area is 118 Å². The minimum absolute atomic E-state index is 0.0440. The molecule has 2 rings (SSSR count). The third kappa shape index (κ3) is 3.16. The number of carbonyl (C=O) groups is 1. The Balaban J connectivity index is 2.07. The van der Waals surface area contributed by atoms with Crippen molar-refractivity contribution in [3.05, 3.63) is 11.4 Å². The zero-order valence-corrected chi connectivity index (χ0v) is 12.1. The summed E-state index contributed by atoms with van der Waals surface area (Å²) in [5.41, 5.74) is 6.57. The van der Waals surface area contributed by atoms with Gasteiger partial charge in [-0.05, 0) is 20.8 Å². The van der Waals surface area contributed by atoms with Gasteiger partial charge >= 0.3 is 0 Å². The second kappa shape index (κ2) is 6.04. The second-order valence-electron chi connectivity index (χ2n) is 4.93. The van der Waals surface area contributed by atoms with Crippen LogP contribution in [0.5, 0.6) is 0 Å². The maximum absolute atomic E-state index is 12.3. The van der Waals surface area contributed by atoms with Gasteiger partial charge < -0.3 is 20.7 Å². The van der Waals surface area contributed by atoms with E-state index in [9.17, 15) is 4.79 Å². The van der Waals surface area contributed by atoms with Crippen molar-refractivity contribution in [1.29, 1.82) is 0 Å². The first kappa shape index (κ1) is 14.5. The van der Waals surface area contributed by atoms with Gasteiger partial charge in [-0.15, -0.1) is 0 Å². The predicted molar refractivity (Wildman–Crippen MR) is 76.4 cm³/mol. The zero-order valence-electron chi connectivity index (χ0n) is 12.1. The van der Waals surface area contributed by atoms with Gasteiger partial charge in [0.25, 0.3) is 0 Å². The second-order valence-corrected chi connectivity index (χ2v) is 4.93. The molecule has 2 heterocycles. The molecule has 1 fully saturated rings. The van der Waals surface area contributed by atoms with Crippen molar-refractivity contribution in [2.24, 2.45) is 0 Å². The number of carbonyl (C=O) groups excluding carboxylic acids is 1. The van der Waals surface area contributed by atoms with Crippen molar-refractivity contribution < 1.29 is 9.53 Å². The van der Waals surface area contributed by atoms with Gasteiger partial charge in [-0.2, -0.15) is 0 Å². The first-order valence-corrected chi connectivity index (χ1v) is 6.73. The standard InChI is InChI=1S/C13H21N5O2/c1-8-11(14)16-10(3)17-12(8)15-9(2)13(19)18-4-6-20-7-5-18/h9H,4-7H2,1-3H3,(H3,14,15,16,17). The van der Waals surface area contributed by atoms with Crippen molar-refractivity contribution in [3.63, 3.8) is 0 Å². The Morgan fingerprint density at radius 1 is 1.35 bits per heavy atom. The first-order chi connectivity index (χ1) is 9.49. The number of rotatable bonds is 3. The molecule has 20 heavy (non-hydrogen) atoms. The fourth-order valence-electron chi connectivity index (χ4n) is 2.12. The summed E-state index contributed by atoms with van der Waals surface area (Å²) in [5.74, 6) is 1.68. The number of hydrogen-bond acceptors (Lipinski definition) is 6. The summed E-state index contributed by atoms with van der Waals surface area (Å²) in [5, 5.41) is 3.13. The lowest BCUT2D eigenvalue weighted by molar-refractivity contribution is -0.135. The number of nitrogens with zero attached hydrogens (tertiary/aromatic N) is 3. The van der Waals surface area contributed by atoms with Gasteiger partial charge in [0.15, 0.2) is 0 Å². The minimum Gasteiger partial charge on any atom is -0.383 e. The molecule has 0 aromatic carbocycles. The number of ether oxygens (including phenoxy) is 1. The van der Waals surface area contributed by atoms with Crippen molar-refractivity contribution in [3.8, 4) is 0 Å². The molecule has 0 spiro atoms. The number of anilines is 2. The van der Waals surface area contributed by atoms with Gasteiger partial charge in [-0.1, -0.05) is 0 Å². The molecular weight excluding hydrogens is 258 g/mol. The Morgan fingerprint density at radius 3 is 2.65 bits per heavy atom. The molecule has 1 aliphatic heterocycles. The summed E-state index contributed by atoms with van der Waals surface area (Å²) in [4.78, 5) is 22.5. The molecule has 7 heteroatoms. The van der Waals surface area contributed by atoms with Crippen LogP contribution in [0.4, 0.5) is 11.6 Å². The molecule has 3 N–H and O–H groups in total. The average Bonchev–Trinajstić information content (AvgIpc) is 2.44. The summed E-state index contributed by atoms with van der Waals surface area (Å²) in [6.07, 6.45) is 0. The fraction of sp³-hybridized carbons (Fsp3) is 0.615. The fourth-order valence-corrected chi connectivity index (χ4v) is 2.12. The number of nitrogen functional groups attached to an aromatic ring is 1. The molecule has 1 unspecified atom stereocenters. The predicted octanol–water partition coefficient (Wildman–Crippen LogP) is 0.335. The number of hydrogen-bond donors (Lipinski definition) is 2. The summed E-state index contributed by atoms with van der Waals surface area (Å²) < 4.78 is 5.25. The summed E-state index contributed by atoms with van der Waals surface area (Å²) in [7, 11) is 0. The Bertz CT molecular complexity index is 500. The first-order valence-electron chi connectivity index (χ1n) is 6.73. The number of aryl methyl sites for hydroxylation is 1. The molecule has 1 aliphatic rings. The van der Waals surface area contributed by atoms with Crippen LogP contribution < -0.4 is 11.1 Å². The van der Waals surface area contributed by atoms with Crippen LogP contribution in [0.25, 0.3) is 0 Å². The van der Waals surface area contributed by atoms with Crippen LogP contribution in [-0.2, 0) is 9.53 Å². The van der Waals surface area contributed by atoms with Crippen LogP contribution >= 0.6 is 0 Å². The Morgan fingerprint density at radius 2 is 2.00 bits per heavy atom. The van der Waals surface area contributed by atoms with Gasteiger partial charge in [0.05, 0.1) is 13.2 Å². The monoisotopic (exact) mass is 279 g/mol. The highest BCUT2D eigenvalue weighted by atomic mass is 16.5. The van der Waals surface area contributed by atoms with Crippen molar-refractivity contribution in [2.45, 2.75) is 26.8 Å². The molecule has 0 radical (unpaired) electrons. The Kier molecular flexibility index (Phi) is 4.39. The molecule has 0 saturated carbocycles. The smallest absolute Gasteiger partial charge is 0.244 e. The molecule has 110 valence electrons. The molecular formula is C13H21N5O2. The zero-order chi connectivity index (χ0) is 14.7. The van der Waals surface area contributed by atoms with E-state index in [1.165, 1.54) is 0 Å². The van der Waals surface area contributed by atoms with Crippen LogP contribution in [-0.4, -0.2) is 53.1 Å². The highest BCUT2D eigenvalue weighted by Crippen LogP contribution is 2.18. The van der Waals surface area contributed by atoms with Crippen molar-refractivity contribution >= 4 is 17.5 Å². The molecule has 1 aromatic heterocycles. The lowest BCUT2D eigenvalue weighted by Crippen LogP contribution is -2.47. The van der Waals surface area contributed by atoms with E-state index >= 15 is 0 Å². The number of amides is 1. The van der Waals surface area contributed by atoms with Crippen LogP contribution in [0.15, 0.2) is 0 Å². The highest BCUT2D eigenvalue weighted by Gasteiger charge is 2.23. The molecule has 0 bridgehead atoms. The third-order valence-corrected chi connectivity index (χ3v) is 3.34. The van der Waals surface area contributed by atoms with Gasteiger partial charge in [0.2, 0.25) is 5.91 Å². The molecule has 1 atom stereocenters. The average molecular weight is 279 g/mol. The SMILES string of the molecule is Cc1nc(N)c(C)c(NC(C)C(=O)N2CCOCC2)n1. The summed E-state index contributed by atoms with van der Waals surface area (Å²) in [6.45, 7) is 7.89. The van der Waals surface area contributed by atoms with Crippen LogP contribution in [0.3, 0.4) is 0 Å². The molecule has 0 aliphatic carbocycles. The van der Waals surface area contributed by atoms with Gasteiger partial charge in [0, 0.05) is 18.7 Å². The Hall–Kier alpha value is -1.89. The van der Waals surface area contributed by atoms with Crippen LogP contribution in [0.2, 0.25) is 0 Å².